The molecule has 0 aromatic carbocycles. The van der Waals surface area contributed by atoms with E-state index in [1.165, 1.54) is 0 Å². The van der Waals surface area contributed by atoms with Gasteiger partial charge in [-0.2, -0.15) is 0 Å². The number of hydrogen-bond acceptors (Lipinski definition) is 3. The molecule has 1 heterocycles. The van der Waals surface area contributed by atoms with E-state index < -0.39 is 6.04 Å². The van der Waals surface area contributed by atoms with Crippen molar-refractivity contribution in [1.82, 2.24) is 4.90 Å². The predicted molar refractivity (Wildman–Crippen MR) is 62.1 cm³/mol. The minimum absolute atomic E-state index is 0. The van der Waals surface area contributed by atoms with Crippen LogP contribution in [0.1, 0.15) is 27.7 Å². The molecule has 1 amide bonds. The Morgan fingerprint density at radius 3 is 2.60 bits per heavy atom. The monoisotopic (exact) mass is 236 g/mol. The van der Waals surface area contributed by atoms with Crippen molar-refractivity contribution in [1.29, 1.82) is 0 Å². The molecule has 2 N–H and O–H groups in total. The zero-order valence-corrected chi connectivity index (χ0v) is 10.6. The number of carbonyl (C=O) groups is 1. The summed E-state index contributed by atoms with van der Waals surface area (Å²) >= 11 is 0. The molecule has 0 spiro atoms. The van der Waals surface area contributed by atoms with Gasteiger partial charge in [0.25, 0.3) is 0 Å². The van der Waals surface area contributed by atoms with Crippen molar-refractivity contribution in [3.8, 4) is 0 Å². The lowest BCUT2D eigenvalue weighted by atomic mass is 9.96. The van der Waals surface area contributed by atoms with Crippen LogP contribution in [0.25, 0.3) is 0 Å². The highest BCUT2D eigenvalue weighted by Crippen LogP contribution is 2.24. The lowest BCUT2D eigenvalue weighted by Gasteiger charge is -2.45. The molecular weight excluding hydrogens is 216 g/mol. The summed E-state index contributed by atoms with van der Waals surface area (Å²) in [6, 6.07) is -0.346. The summed E-state index contributed by atoms with van der Waals surface area (Å²) in [5, 5.41) is 0. The molecule has 1 rings (SSSR count). The third kappa shape index (κ3) is 3.06. The number of nitrogens with two attached hydrogens (primary N) is 1. The van der Waals surface area contributed by atoms with E-state index in [2.05, 4.69) is 0 Å². The summed E-state index contributed by atoms with van der Waals surface area (Å²) in [5.74, 6) is 0.00822. The fourth-order valence-electron chi connectivity index (χ4n) is 1.66. The molecule has 1 saturated heterocycles. The summed E-state index contributed by atoms with van der Waals surface area (Å²) in [7, 11) is 0. The highest BCUT2D eigenvalue weighted by atomic mass is 35.5. The van der Waals surface area contributed by atoms with Crippen LogP contribution in [0.15, 0.2) is 0 Å². The van der Waals surface area contributed by atoms with Gasteiger partial charge < -0.3 is 15.4 Å². The minimum Gasteiger partial charge on any atom is -0.372 e. The summed E-state index contributed by atoms with van der Waals surface area (Å²) in [4.78, 5) is 13.6. The number of ether oxygens (including phenoxy) is 1. The van der Waals surface area contributed by atoms with Crippen molar-refractivity contribution in [3.63, 3.8) is 0 Å². The average molecular weight is 237 g/mol. The Hall–Kier alpha value is -0.320. The lowest BCUT2D eigenvalue weighted by Crippen LogP contribution is -2.59. The van der Waals surface area contributed by atoms with Crippen molar-refractivity contribution in [3.05, 3.63) is 0 Å². The summed E-state index contributed by atoms with van der Waals surface area (Å²) in [6.07, 6.45) is 0. The molecule has 0 aliphatic carbocycles. The fraction of sp³-hybridized carbons (Fsp3) is 0.900. The van der Waals surface area contributed by atoms with Gasteiger partial charge in [-0.25, -0.2) is 0 Å². The van der Waals surface area contributed by atoms with E-state index in [4.69, 9.17) is 10.5 Å². The molecule has 0 aromatic rings. The largest absolute Gasteiger partial charge is 0.372 e. The molecule has 0 bridgehead atoms. The topological polar surface area (TPSA) is 55.6 Å². The zero-order chi connectivity index (χ0) is 10.9. The first kappa shape index (κ1) is 14.7. The first-order valence-corrected chi connectivity index (χ1v) is 5.06. The van der Waals surface area contributed by atoms with Gasteiger partial charge in [-0.15, -0.1) is 12.4 Å². The highest BCUT2D eigenvalue weighted by molar-refractivity contribution is 5.85. The van der Waals surface area contributed by atoms with Crippen LogP contribution in [-0.2, 0) is 9.53 Å². The maximum atomic E-state index is 11.7. The van der Waals surface area contributed by atoms with E-state index in [9.17, 15) is 4.79 Å². The predicted octanol–water partition coefficient (Wildman–Crippen LogP) is 0.781. The summed E-state index contributed by atoms with van der Waals surface area (Å²) in [5.41, 5.74) is 5.31. The van der Waals surface area contributed by atoms with Gasteiger partial charge >= 0.3 is 0 Å². The van der Waals surface area contributed by atoms with Crippen LogP contribution in [0.4, 0.5) is 0 Å². The van der Waals surface area contributed by atoms with Crippen LogP contribution in [0.2, 0.25) is 0 Å². The summed E-state index contributed by atoms with van der Waals surface area (Å²) in [6.45, 7) is 8.95. The van der Waals surface area contributed by atoms with Crippen molar-refractivity contribution < 1.29 is 9.53 Å². The Morgan fingerprint density at radius 1 is 1.60 bits per heavy atom. The van der Waals surface area contributed by atoms with E-state index in [1.54, 1.807) is 6.92 Å². The first-order chi connectivity index (χ1) is 6.36. The van der Waals surface area contributed by atoms with Crippen molar-refractivity contribution in [2.75, 3.05) is 13.2 Å². The molecule has 0 radical (unpaired) electrons. The maximum absolute atomic E-state index is 11.7. The lowest BCUT2D eigenvalue weighted by molar-refractivity contribution is -0.158. The Labute approximate surface area is 97.5 Å². The molecule has 1 aliphatic rings. The van der Waals surface area contributed by atoms with Gasteiger partial charge in [-0.05, 0) is 27.7 Å². The van der Waals surface area contributed by atoms with Crippen LogP contribution >= 0.6 is 12.4 Å². The average Bonchev–Trinajstić information content (AvgIpc) is 2.08. The van der Waals surface area contributed by atoms with E-state index in [0.717, 1.165) is 0 Å². The van der Waals surface area contributed by atoms with Crippen molar-refractivity contribution in [2.24, 2.45) is 5.73 Å². The maximum Gasteiger partial charge on any atom is 0.239 e. The SMILES string of the molecule is CC1N(C(=O)[C@@H](C)N)CCOC1(C)C.Cl. The number of morpholine rings is 1. The second-order valence-electron chi connectivity index (χ2n) is 4.45. The number of hydrogen-bond donors (Lipinski definition) is 1. The highest BCUT2D eigenvalue weighted by Gasteiger charge is 2.38. The second kappa shape index (κ2) is 5.14. The molecule has 15 heavy (non-hydrogen) atoms. The minimum atomic E-state index is -0.425. The molecule has 90 valence electrons. The zero-order valence-electron chi connectivity index (χ0n) is 9.82. The second-order valence-corrected chi connectivity index (χ2v) is 4.45. The van der Waals surface area contributed by atoms with Gasteiger partial charge in [0.2, 0.25) is 5.91 Å². The van der Waals surface area contributed by atoms with Gasteiger partial charge in [0.1, 0.15) is 0 Å². The smallest absolute Gasteiger partial charge is 0.239 e. The number of nitrogens with zero attached hydrogens (tertiary/aromatic N) is 1. The normalized spacial score (nSPS) is 26.7. The van der Waals surface area contributed by atoms with E-state index in [0.29, 0.717) is 13.2 Å². The molecule has 1 fully saturated rings. The third-order valence-electron chi connectivity index (χ3n) is 2.95. The van der Waals surface area contributed by atoms with Gasteiger partial charge in [-0.3, -0.25) is 4.79 Å². The van der Waals surface area contributed by atoms with Crippen molar-refractivity contribution in [2.45, 2.75) is 45.4 Å². The third-order valence-corrected chi connectivity index (χ3v) is 2.95. The summed E-state index contributed by atoms with van der Waals surface area (Å²) < 4.78 is 5.60. The molecule has 1 unspecified atom stereocenters. The Kier molecular flexibility index (Phi) is 5.03. The standard InChI is InChI=1S/C10H20N2O2.ClH/c1-7(11)9(13)12-5-6-14-10(3,4)8(12)2;/h7-8H,5-6,11H2,1-4H3;1H/t7-,8?;/m1./s1. The van der Waals surface area contributed by atoms with Crippen LogP contribution in [-0.4, -0.2) is 41.6 Å². The number of amides is 1. The van der Waals surface area contributed by atoms with Crippen LogP contribution in [0.3, 0.4) is 0 Å². The fourth-order valence-corrected chi connectivity index (χ4v) is 1.66. The van der Waals surface area contributed by atoms with Crippen molar-refractivity contribution >= 4 is 18.3 Å². The first-order valence-electron chi connectivity index (χ1n) is 5.06. The Morgan fingerprint density at radius 2 is 2.13 bits per heavy atom. The van der Waals surface area contributed by atoms with Crippen LogP contribution in [0.5, 0.6) is 0 Å². The van der Waals surface area contributed by atoms with E-state index in [-0.39, 0.29) is 30.0 Å². The Bertz CT molecular complexity index is 231. The van der Waals surface area contributed by atoms with Gasteiger partial charge in [0, 0.05) is 6.54 Å². The molecule has 2 atom stereocenters. The molecular formula is C10H21ClN2O2. The molecule has 0 aromatic heterocycles. The Balaban J connectivity index is 0.00000196. The van der Waals surface area contributed by atoms with Gasteiger partial charge in [0.15, 0.2) is 0 Å². The van der Waals surface area contributed by atoms with Crippen LogP contribution < -0.4 is 5.73 Å². The van der Waals surface area contributed by atoms with E-state index in [1.807, 2.05) is 25.7 Å². The van der Waals surface area contributed by atoms with Gasteiger partial charge in [-0.1, -0.05) is 0 Å². The molecule has 0 saturated carbocycles. The van der Waals surface area contributed by atoms with Crippen LogP contribution in [0, 0.1) is 0 Å². The van der Waals surface area contributed by atoms with E-state index >= 15 is 0 Å². The molecule has 1 aliphatic heterocycles. The number of carbonyl (C=O) groups excluding carboxylic acids is 1. The number of halogens is 1. The quantitative estimate of drug-likeness (QED) is 0.732. The molecule has 4 nitrogen and oxygen atoms in total. The molecule has 5 heteroatoms. The number of rotatable bonds is 1. The van der Waals surface area contributed by atoms with Gasteiger partial charge in [0.05, 0.1) is 24.3 Å².